The third-order valence-electron chi connectivity index (χ3n) is 12.2. The highest BCUT2D eigenvalue weighted by Gasteiger charge is 2.19. The molecule has 1 atom stereocenters. The van der Waals surface area contributed by atoms with Gasteiger partial charge in [-0.15, -0.1) is 0 Å². The summed E-state index contributed by atoms with van der Waals surface area (Å²) in [6.07, 6.45) is 61.4. The number of hydrogen-bond acceptors (Lipinski definition) is 3. The molecular formula is C54H102N2O4. The molecule has 6 heteroatoms. The Hall–Kier alpha value is -2.11. The minimum absolute atomic E-state index is 0.0921. The molecule has 0 aromatic carbocycles. The molecule has 0 aliphatic heterocycles. The molecule has 0 bridgehead atoms. The largest absolute Gasteiger partial charge is 0.480 e. The summed E-state index contributed by atoms with van der Waals surface area (Å²) in [6.45, 7) is 5.11. The van der Waals surface area contributed by atoms with Crippen molar-refractivity contribution in [3.8, 4) is 0 Å². The van der Waals surface area contributed by atoms with Gasteiger partial charge >= 0.3 is 5.97 Å². The Morgan fingerprint density at radius 3 is 1.02 bits per heavy atom. The molecule has 0 rings (SSSR count). The monoisotopic (exact) mass is 843 g/mol. The molecule has 0 aliphatic rings. The van der Waals surface area contributed by atoms with Gasteiger partial charge in [0.25, 0.3) is 0 Å². The van der Waals surface area contributed by atoms with Crippen molar-refractivity contribution in [2.45, 2.75) is 296 Å². The number of amides is 2. The van der Waals surface area contributed by atoms with Gasteiger partial charge in [0.05, 0.1) is 0 Å². The van der Waals surface area contributed by atoms with Gasteiger partial charge in [0.15, 0.2) is 0 Å². The first kappa shape index (κ1) is 57.9. The topological polar surface area (TPSA) is 95.5 Å². The molecule has 0 spiro atoms. The predicted octanol–water partition coefficient (Wildman–Crippen LogP) is 16.6. The summed E-state index contributed by atoms with van der Waals surface area (Å²) in [5, 5.41) is 15.3. The summed E-state index contributed by atoms with van der Waals surface area (Å²) < 4.78 is 0. The van der Waals surface area contributed by atoms with E-state index in [2.05, 4.69) is 48.8 Å². The van der Waals surface area contributed by atoms with Crippen LogP contribution in [0.2, 0.25) is 0 Å². The Bertz CT molecular complexity index is 979. The second kappa shape index (κ2) is 49.5. The van der Waals surface area contributed by atoms with E-state index in [0.717, 1.165) is 38.5 Å². The summed E-state index contributed by atoms with van der Waals surface area (Å²) in [4.78, 5) is 36.4. The van der Waals surface area contributed by atoms with Crippen LogP contribution in [-0.2, 0) is 14.4 Å². The Kier molecular flexibility index (Phi) is 47.8. The highest BCUT2D eigenvalue weighted by Crippen LogP contribution is 2.15. The lowest BCUT2D eigenvalue weighted by Crippen LogP contribution is -2.40. The molecule has 0 aromatic heterocycles. The molecule has 352 valence electrons. The number of unbranched alkanes of at least 4 members (excludes halogenated alkanes) is 35. The van der Waals surface area contributed by atoms with Gasteiger partial charge in [-0.2, -0.15) is 0 Å². The molecule has 0 radical (unpaired) electrons. The van der Waals surface area contributed by atoms with Gasteiger partial charge in [0.2, 0.25) is 11.8 Å². The standard InChI is InChI=1S/C54H102N2O4/c1-3-5-7-9-11-13-15-17-19-21-23-25-27-29-31-33-35-37-39-41-43-48-52(57)55-50-46-45-47-51(54(59)60)56-53(58)49-44-42-40-38-36-34-32-30-28-26-24-22-20-18-16-14-12-10-8-6-4-2/h17-20,51H,3-16,21-50H2,1-2H3,(H,55,57)(H,56,58)(H,59,60)/b19-17-,20-18-/t51-/m0/s1. The molecule has 0 unspecified atom stereocenters. The number of rotatable bonds is 49. The van der Waals surface area contributed by atoms with E-state index < -0.39 is 12.0 Å². The Morgan fingerprint density at radius 1 is 0.383 bits per heavy atom. The number of hydrogen-bond donors (Lipinski definition) is 3. The smallest absolute Gasteiger partial charge is 0.326 e. The van der Waals surface area contributed by atoms with Crippen molar-refractivity contribution in [1.29, 1.82) is 0 Å². The van der Waals surface area contributed by atoms with Gasteiger partial charge in [-0.3, -0.25) is 9.59 Å². The molecule has 0 aromatic rings. The predicted molar refractivity (Wildman–Crippen MR) is 261 cm³/mol. The van der Waals surface area contributed by atoms with Crippen LogP contribution in [0.4, 0.5) is 0 Å². The first-order chi connectivity index (χ1) is 29.5. The van der Waals surface area contributed by atoms with Gasteiger partial charge in [0.1, 0.15) is 6.04 Å². The van der Waals surface area contributed by atoms with Gasteiger partial charge in [-0.1, -0.05) is 218 Å². The Labute approximate surface area is 373 Å². The lowest BCUT2D eigenvalue weighted by atomic mass is 10.0. The lowest BCUT2D eigenvalue weighted by Gasteiger charge is -2.14. The van der Waals surface area contributed by atoms with E-state index in [1.165, 1.54) is 212 Å². The Balaban J connectivity index is 3.53. The third-order valence-corrected chi connectivity index (χ3v) is 12.2. The maximum absolute atomic E-state index is 12.4. The minimum atomic E-state index is -0.976. The minimum Gasteiger partial charge on any atom is -0.480 e. The molecule has 0 aliphatic carbocycles. The van der Waals surface area contributed by atoms with Crippen molar-refractivity contribution in [2.75, 3.05) is 6.54 Å². The lowest BCUT2D eigenvalue weighted by molar-refractivity contribution is -0.142. The van der Waals surface area contributed by atoms with Crippen molar-refractivity contribution >= 4 is 17.8 Å². The van der Waals surface area contributed by atoms with Crippen LogP contribution in [0.25, 0.3) is 0 Å². The summed E-state index contributed by atoms with van der Waals surface area (Å²) >= 11 is 0. The van der Waals surface area contributed by atoms with Crippen molar-refractivity contribution in [3.05, 3.63) is 24.3 Å². The summed E-state index contributed by atoms with van der Waals surface area (Å²) in [5.41, 5.74) is 0. The van der Waals surface area contributed by atoms with Gasteiger partial charge in [0, 0.05) is 19.4 Å². The zero-order valence-electron chi connectivity index (χ0n) is 40.2. The van der Waals surface area contributed by atoms with Gasteiger partial charge < -0.3 is 15.7 Å². The van der Waals surface area contributed by atoms with Gasteiger partial charge in [-0.05, 0) is 83.5 Å². The average molecular weight is 843 g/mol. The molecule has 3 N–H and O–H groups in total. The van der Waals surface area contributed by atoms with Crippen molar-refractivity contribution in [2.24, 2.45) is 0 Å². The normalized spacial score (nSPS) is 12.2. The number of nitrogens with one attached hydrogen (secondary N) is 2. The number of carboxylic acid groups (broad SMARTS) is 1. The molecule has 60 heavy (non-hydrogen) atoms. The Morgan fingerprint density at radius 2 is 0.683 bits per heavy atom. The first-order valence-corrected chi connectivity index (χ1v) is 26.6. The highest BCUT2D eigenvalue weighted by atomic mass is 16.4. The number of carboxylic acids is 1. The molecule has 0 heterocycles. The number of aliphatic carboxylic acids is 1. The maximum atomic E-state index is 12.4. The zero-order valence-corrected chi connectivity index (χ0v) is 40.2. The highest BCUT2D eigenvalue weighted by molar-refractivity contribution is 5.83. The van der Waals surface area contributed by atoms with Crippen LogP contribution >= 0.6 is 0 Å². The van der Waals surface area contributed by atoms with Crippen LogP contribution in [0.5, 0.6) is 0 Å². The van der Waals surface area contributed by atoms with Crippen LogP contribution in [0.1, 0.15) is 290 Å². The number of carbonyl (C=O) groups is 3. The fourth-order valence-corrected chi connectivity index (χ4v) is 8.15. The quantitative estimate of drug-likeness (QED) is 0.0420. The molecule has 0 fully saturated rings. The van der Waals surface area contributed by atoms with E-state index in [-0.39, 0.29) is 11.8 Å². The zero-order chi connectivity index (χ0) is 43.7. The first-order valence-electron chi connectivity index (χ1n) is 26.6. The fraction of sp³-hybridized carbons (Fsp3) is 0.870. The summed E-state index contributed by atoms with van der Waals surface area (Å²) in [6, 6.07) is -0.851. The molecule has 0 saturated heterocycles. The van der Waals surface area contributed by atoms with E-state index >= 15 is 0 Å². The van der Waals surface area contributed by atoms with Gasteiger partial charge in [-0.25, -0.2) is 4.79 Å². The van der Waals surface area contributed by atoms with E-state index in [1.54, 1.807) is 0 Å². The molecular weight excluding hydrogens is 741 g/mol. The van der Waals surface area contributed by atoms with Crippen LogP contribution in [0.15, 0.2) is 24.3 Å². The van der Waals surface area contributed by atoms with Crippen LogP contribution in [0.3, 0.4) is 0 Å². The van der Waals surface area contributed by atoms with Crippen molar-refractivity contribution in [3.63, 3.8) is 0 Å². The van der Waals surface area contributed by atoms with E-state index in [4.69, 9.17) is 0 Å². The maximum Gasteiger partial charge on any atom is 0.326 e. The number of allylic oxidation sites excluding steroid dienone is 4. The van der Waals surface area contributed by atoms with E-state index in [0.29, 0.717) is 32.2 Å². The van der Waals surface area contributed by atoms with Crippen molar-refractivity contribution in [1.82, 2.24) is 10.6 Å². The fourth-order valence-electron chi connectivity index (χ4n) is 8.15. The van der Waals surface area contributed by atoms with Crippen molar-refractivity contribution < 1.29 is 19.5 Å². The second-order valence-electron chi connectivity index (χ2n) is 18.2. The second-order valence-corrected chi connectivity index (χ2v) is 18.2. The molecule has 2 amide bonds. The molecule has 0 saturated carbocycles. The average Bonchev–Trinajstić information content (AvgIpc) is 3.24. The van der Waals surface area contributed by atoms with Crippen LogP contribution in [-0.4, -0.2) is 35.5 Å². The van der Waals surface area contributed by atoms with E-state index in [9.17, 15) is 19.5 Å². The SMILES string of the molecule is CCCCCCCC/C=C\CCCCCCCCCCCCCC(=O)NCCCC[C@H](NC(=O)CCCCCCCCCCCCC/C=C\CCCCCCCC)C(=O)O. The molecule has 6 nitrogen and oxygen atoms in total. The number of carbonyl (C=O) groups excluding carboxylic acids is 2. The van der Waals surface area contributed by atoms with E-state index in [1.807, 2.05) is 0 Å². The summed E-state index contributed by atoms with van der Waals surface area (Å²) in [5.74, 6) is -1.04. The summed E-state index contributed by atoms with van der Waals surface area (Å²) in [7, 11) is 0. The van der Waals surface area contributed by atoms with Crippen LogP contribution < -0.4 is 10.6 Å². The third kappa shape index (κ3) is 46.9. The van der Waals surface area contributed by atoms with Crippen LogP contribution in [0, 0.1) is 0 Å².